The molecule has 0 amide bonds. The molecule has 5 heteroatoms. The molecule has 1 fully saturated rings. The van der Waals surface area contributed by atoms with Gasteiger partial charge in [-0.3, -0.25) is 0 Å². The van der Waals surface area contributed by atoms with Crippen LogP contribution in [0.15, 0.2) is 18.2 Å². The summed E-state index contributed by atoms with van der Waals surface area (Å²) >= 11 is 0. The summed E-state index contributed by atoms with van der Waals surface area (Å²) in [7, 11) is 0. The second kappa shape index (κ2) is 8.03. The van der Waals surface area contributed by atoms with Crippen LogP contribution in [0.3, 0.4) is 0 Å². The number of nitrogens with zero attached hydrogens (tertiary/aromatic N) is 1. The fourth-order valence-corrected chi connectivity index (χ4v) is 2.34. The normalized spacial score (nSPS) is 14.4. The van der Waals surface area contributed by atoms with E-state index in [0.29, 0.717) is 12.2 Å². The van der Waals surface area contributed by atoms with Gasteiger partial charge in [0.25, 0.3) is 0 Å². The van der Waals surface area contributed by atoms with Crippen molar-refractivity contribution in [3.8, 4) is 0 Å². The van der Waals surface area contributed by atoms with Gasteiger partial charge in [0.05, 0.1) is 24.0 Å². The van der Waals surface area contributed by atoms with E-state index >= 15 is 0 Å². The Morgan fingerprint density at radius 1 is 1.40 bits per heavy atom. The van der Waals surface area contributed by atoms with Crippen molar-refractivity contribution in [2.45, 2.75) is 39.4 Å². The van der Waals surface area contributed by atoms with E-state index in [4.69, 9.17) is 4.74 Å². The Bertz CT molecular complexity index is 462. The minimum absolute atomic E-state index is 0. The van der Waals surface area contributed by atoms with Crippen LogP contribution in [0.4, 0.5) is 5.69 Å². The van der Waals surface area contributed by atoms with E-state index in [0.717, 1.165) is 37.2 Å². The topological polar surface area (TPSA) is 49.8 Å². The summed E-state index contributed by atoms with van der Waals surface area (Å²) in [6, 6.07) is 5.61. The average molecular weight is 287 g/mol. The van der Waals surface area contributed by atoms with Crippen LogP contribution < -0.4 is 34.5 Å². The van der Waals surface area contributed by atoms with Gasteiger partial charge in [0, 0.05) is 13.1 Å². The number of benzene rings is 1. The van der Waals surface area contributed by atoms with Crippen molar-refractivity contribution in [1.29, 1.82) is 0 Å². The molecule has 20 heavy (non-hydrogen) atoms. The first-order valence-corrected chi connectivity index (χ1v) is 6.80. The molecular formula is C15H22NNaO3. The van der Waals surface area contributed by atoms with E-state index in [1.807, 2.05) is 26.0 Å². The maximum absolute atomic E-state index is 11.4. The van der Waals surface area contributed by atoms with Gasteiger partial charge in [0.1, 0.15) is 0 Å². The number of hydrogen-bond acceptors (Lipinski definition) is 3. The Labute approximate surface area is 143 Å². The summed E-state index contributed by atoms with van der Waals surface area (Å²) < 4.78 is 5.52. The number of hydrogen-bond donors (Lipinski definition) is 1. The smallest absolute Gasteiger partial charge is 1.00 e. The Kier molecular flexibility index (Phi) is 7.03. The molecular weight excluding hydrogens is 265 g/mol. The van der Waals surface area contributed by atoms with Crippen LogP contribution in [0.25, 0.3) is 0 Å². The Balaban J connectivity index is 0.00000200. The van der Waals surface area contributed by atoms with Crippen LogP contribution >= 0.6 is 0 Å². The number of anilines is 1. The molecule has 0 atom stereocenters. The van der Waals surface area contributed by atoms with Gasteiger partial charge in [-0.15, -0.1) is 0 Å². The summed E-state index contributed by atoms with van der Waals surface area (Å²) in [6.45, 7) is 6.29. The molecule has 1 aromatic rings. The molecule has 0 bridgehead atoms. The fraction of sp³-hybridized carbons (Fsp3) is 0.533. The number of carboxylic acids is 1. The van der Waals surface area contributed by atoms with Crippen molar-refractivity contribution < 1.29 is 45.6 Å². The molecule has 1 aromatic carbocycles. The molecule has 106 valence electrons. The van der Waals surface area contributed by atoms with Crippen LogP contribution in [0.2, 0.25) is 0 Å². The Morgan fingerprint density at radius 2 is 2.05 bits per heavy atom. The zero-order valence-corrected chi connectivity index (χ0v) is 14.6. The van der Waals surface area contributed by atoms with E-state index in [1.165, 1.54) is 0 Å². The molecule has 0 saturated carbocycles. The molecule has 4 nitrogen and oxygen atoms in total. The molecule has 0 aromatic heterocycles. The molecule has 1 saturated heterocycles. The van der Waals surface area contributed by atoms with Gasteiger partial charge in [-0.05, 0) is 44.4 Å². The Hall–Kier alpha value is -0.550. The average Bonchev–Trinajstić information content (AvgIpc) is 2.89. The maximum atomic E-state index is 11.4. The number of carboxylic acid groups (broad SMARTS) is 1. The number of carbonyl (C=O) groups is 1. The van der Waals surface area contributed by atoms with E-state index in [1.54, 1.807) is 6.07 Å². The second-order valence-corrected chi connectivity index (χ2v) is 5.21. The van der Waals surface area contributed by atoms with Gasteiger partial charge >= 0.3 is 35.5 Å². The number of rotatable bonds is 5. The summed E-state index contributed by atoms with van der Waals surface area (Å²) in [5.41, 5.74) is 2.12. The van der Waals surface area contributed by atoms with Crippen molar-refractivity contribution in [3.05, 3.63) is 29.3 Å². The quantitative estimate of drug-likeness (QED) is 0.776. The van der Waals surface area contributed by atoms with Gasteiger partial charge in [-0.25, -0.2) is 4.79 Å². The largest absolute Gasteiger partial charge is 1.00 e. The molecule has 1 aliphatic rings. The predicted molar refractivity (Wildman–Crippen MR) is 75.9 cm³/mol. The zero-order chi connectivity index (χ0) is 13.8. The predicted octanol–water partition coefficient (Wildman–Crippen LogP) is 0.0265. The minimum atomic E-state index is -0.867. The van der Waals surface area contributed by atoms with E-state index in [2.05, 4.69) is 4.90 Å². The molecule has 1 aliphatic heterocycles. The van der Waals surface area contributed by atoms with E-state index in [9.17, 15) is 9.90 Å². The van der Waals surface area contributed by atoms with E-state index in [-0.39, 0.29) is 37.1 Å². The van der Waals surface area contributed by atoms with Crippen molar-refractivity contribution in [2.24, 2.45) is 0 Å². The van der Waals surface area contributed by atoms with Gasteiger partial charge < -0.3 is 16.2 Å². The SMILES string of the molecule is CC(C)OCc1ccc(N2CCCC2)c(C(=O)O)c1.[H-].[Na+]. The molecule has 0 unspecified atom stereocenters. The van der Waals surface area contributed by atoms with Gasteiger partial charge in [-0.1, -0.05) is 6.07 Å². The summed E-state index contributed by atoms with van der Waals surface area (Å²) in [6.07, 6.45) is 2.42. The first-order chi connectivity index (χ1) is 9.08. The van der Waals surface area contributed by atoms with E-state index < -0.39 is 5.97 Å². The van der Waals surface area contributed by atoms with Crippen molar-refractivity contribution >= 4 is 11.7 Å². The molecule has 0 aliphatic carbocycles. The van der Waals surface area contributed by atoms with Crippen LogP contribution in [0.5, 0.6) is 0 Å². The van der Waals surface area contributed by atoms with Gasteiger partial charge in [-0.2, -0.15) is 0 Å². The standard InChI is InChI=1S/C15H21NO3.Na.H/c1-11(2)19-10-12-5-6-14(13(9-12)15(17)18)16-7-3-4-8-16;;/h5-6,9,11H,3-4,7-8,10H2,1-2H3,(H,17,18);;/q;+1;-1. The molecule has 1 heterocycles. The Morgan fingerprint density at radius 3 is 2.60 bits per heavy atom. The van der Waals surface area contributed by atoms with Crippen LogP contribution in [0.1, 0.15) is 44.0 Å². The van der Waals surface area contributed by atoms with Crippen LogP contribution in [-0.4, -0.2) is 30.3 Å². The molecule has 0 spiro atoms. The minimum Gasteiger partial charge on any atom is -1.00 e. The van der Waals surface area contributed by atoms with Gasteiger partial charge in [0.2, 0.25) is 0 Å². The second-order valence-electron chi connectivity index (χ2n) is 5.21. The molecule has 2 rings (SSSR count). The maximum Gasteiger partial charge on any atom is 1.00 e. The van der Waals surface area contributed by atoms with Crippen molar-refractivity contribution in [1.82, 2.24) is 0 Å². The molecule has 0 radical (unpaired) electrons. The third kappa shape index (κ3) is 4.48. The number of ether oxygens (including phenoxy) is 1. The summed E-state index contributed by atoms with van der Waals surface area (Å²) in [5, 5.41) is 9.36. The molecule has 1 N–H and O–H groups in total. The van der Waals surface area contributed by atoms with Crippen LogP contribution in [-0.2, 0) is 11.3 Å². The van der Waals surface area contributed by atoms with Crippen molar-refractivity contribution in [3.63, 3.8) is 0 Å². The zero-order valence-electron chi connectivity index (χ0n) is 13.6. The van der Waals surface area contributed by atoms with Crippen LogP contribution in [0, 0.1) is 0 Å². The summed E-state index contributed by atoms with van der Waals surface area (Å²) in [4.78, 5) is 13.6. The monoisotopic (exact) mass is 287 g/mol. The fourth-order valence-electron chi connectivity index (χ4n) is 2.34. The van der Waals surface area contributed by atoms with Gasteiger partial charge in [0.15, 0.2) is 0 Å². The third-order valence-corrected chi connectivity index (χ3v) is 3.32. The summed E-state index contributed by atoms with van der Waals surface area (Å²) in [5.74, 6) is -0.867. The first-order valence-electron chi connectivity index (χ1n) is 6.80. The number of aromatic carboxylic acids is 1. The first kappa shape index (κ1) is 17.5. The van der Waals surface area contributed by atoms with Crippen molar-refractivity contribution in [2.75, 3.05) is 18.0 Å². The third-order valence-electron chi connectivity index (χ3n) is 3.32.